The normalized spacial score (nSPS) is 10.8. The van der Waals surface area contributed by atoms with Crippen molar-refractivity contribution in [3.8, 4) is 22.7 Å². The van der Waals surface area contributed by atoms with E-state index in [1.54, 1.807) is 40.8 Å². The average Bonchev–Trinajstić information content (AvgIpc) is 3.40. The number of ether oxygens (including phenoxy) is 1. The highest BCUT2D eigenvalue weighted by Gasteiger charge is 2.22. The SMILES string of the molecule is COc1ccc(-c2nn(-c3ccccc3)cc2C(=O)N(C)Cc2cnn(C)c2)cc1. The number of amides is 1. The quantitative estimate of drug-likeness (QED) is 0.496. The molecule has 0 aliphatic rings. The average molecular weight is 401 g/mol. The van der Waals surface area contributed by atoms with Gasteiger partial charge in [0, 0.05) is 44.2 Å². The van der Waals surface area contributed by atoms with E-state index in [9.17, 15) is 4.79 Å². The molecular weight excluding hydrogens is 378 g/mol. The van der Waals surface area contributed by atoms with Crippen LogP contribution in [0.2, 0.25) is 0 Å². The first-order chi connectivity index (χ1) is 14.5. The number of methoxy groups -OCH3 is 1. The number of rotatable bonds is 6. The number of nitrogens with zero attached hydrogens (tertiary/aromatic N) is 5. The van der Waals surface area contributed by atoms with Crippen LogP contribution in [0.5, 0.6) is 5.75 Å². The van der Waals surface area contributed by atoms with Gasteiger partial charge in [0.05, 0.1) is 24.6 Å². The van der Waals surface area contributed by atoms with Crippen LogP contribution < -0.4 is 4.74 Å². The second-order valence-corrected chi connectivity index (χ2v) is 7.08. The zero-order valence-corrected chi connectivity index (χ0v) is 17.2. The summed E-state index contributed by atoms with van der Waals surface area (Å²) in [5, 5.41) is 8.91. The number of benzene rings is 2. The van der Waals surface area contributed by atoms with E-state index in [2.05, 4.69) is 5.10 Å². The topological polar surface area (TPSA) is 65.2 Å². The molecule has 4 aromatic rings. The van der Waals surface area contributed by atoms with Gasteiger partial charge in [0.25, 0.3) is 5.91 Å². The highest BCUT2D eigenvalue weighted by atomic mass is 16.5. The molecule has 0 N–H and O–H groups in total. The van der Waals surface area contributed by atoms with Crippen molar-refractivity contribution in [3.05, 3.63) is 84.3 Å². The van der Waals surface area contributed by atoms with E-state index < -0.39 is 0 Å². The first-order valence-electron chi connectivity index (χ1n) is 9.57. The lowest BCUT2D eigenvalue weighted by Gasteiger charge is -2.16. The number of aryl methyl sites for hydroxylation is 1. The molecule has 0 spiro atoms. The lowest BCUT2D eigenvalue weighted by atomic mass is 10.1. The van der Waals surface area contributed by atoms with Crippen molar-refractivity contribution in [2.24, 2.45) is 7.05 Å². The third-order valence-electron chi connectivity index (χ3n) is 4.85. The van der Waals surface area contributed by atoms with E-state index in [-0.39, 0.29) is 5.91 Å². The first-order valence-corrected chi connectivity index (χ1v) is 9.57. The van der Waals surface area contributed by atoms with E-state index in [1.807, 2.05) is 67.8 Å². The minimum Gasteiger partial charge on any atom is -0.497 e. The summed E-state index contributed by atoms with van der Waals surface area (Å²) in [4.78, 5) is 15.0. The molecule has 4 rings (SSSR count). The van der Waals surface area contributed by atoms with Crippen LogP contribution in [0, 0.1) is 0 Å². The molecule has 0 aliphatic heterocycles. The van der Waals surface area contributed by atoms with Crippen molar-refractivity contribution >= 4 is 5.91 Å². The standard InChI is InChI=1S/C23H23N5O2/c1-26(14-17-13-24-27(2)15-17)23(29)21-16-28(19-7-5-4-6-8-19)25-22(21)18-9-11-20(30-3)12-10-18/h4-13,15-16H,14H2,1-3H3. The Balaban J connectivity index is 1.72. The number of aromatic nitrogens is 4. The summed E-state index contributed by atoms with van der Waals surface area (Å²) in [6.07, 6.45) is 5.46. The summed E-state index contributed by atoms with van der Waals surface area (Å²) in [7, 11) is 5.27. The third kappa shape index (κ3) is 3.96. The monoisotopic (exact) mass is 401 g/mol. The Labute approximate surface area is 175 Å². The van der Waals surface area contributed by atoms with E-state index in [1.165, 1.54) is 0 Å². The second kappa shape index (κ2) is 8.24. The van der Waals surface area contributed by atoms with Crippen LogP contribution in [-0.2, 0) is 13.6 Å². The van der Waals surface area contributed by atoms with Crippen molar-refractivity contribution in [3.63, 3.8) is 0 Å². The van der Waals surface area contributed by atoms with Gasteiger partial charge < -0.3 is 9.64 Å². The first kappa shape index (κ1) is 19.4. The van der Waals surface area contributed by atoms with Crippen LogP contribution >= 0.6 is 0 Å². The van der Waals surface area contributed by atoms with Crippen molar-refractivity contribution in [1.82, 2.24) is 24.5 Å². The van der Waals surface area contributed by atoms with Crippen LogP contribution in [0.1, 0.15) is 15.9 Å². The molecule has 7 heteroatoms. The Morgan fingerprint density at radius 2 is 1.80 bits per heavy atom. The fourth-order valence-corrected chi connectivity index (χ4v) is 3.31. The van der Waals surface area contributed by atoms with Gasteiger partial charge in [0.15, 0.2) is 0 Å². The molecule has 0 unspecified atom stereocenters. The molecule has 2 aromatic carbocycles. The molecule has 2 heterocycles. The number of carbonyl (C=O) groups is 1. The van der Waals surface area contributed by atoms with Crippen molar-refractivity contribution < 1.29 is 9.53 Å². The highest BCUT2D eigenvalue weighted by Crippen LogP contribution is 2.27. The van der Waals surface area contributed by atoms with E-state index in [0.717, 1.165) is 22.6 Å². The molecule has 0 saturated heterocycles. The largest absolute Gasteiger partial charge is 0.497 e. The van der Waals surface area contributed by atoms with Gasteiger partial charge in [-0.1, -0.05) is 18.2 Å². The molecule has 0 atom stereocenters. The Morgan fingerprint density at radius 3 is 2.43 bits per heavy atom. The Kier molecular flexibility index (Phi) is 5.34. The molecule has 0 radical (unpaired) electrons. The molecule has 0 saturated carbocycles. The summed E-state index contributed by atoms with van der Waals surface area (Å²) < 4.78 is 8.72. The maximum absolute atomic E-state index is 13.3. The van der Waals surface area contributed by atoms with Gasteiger partial charge in [-0.15, -0.1) is 0 Å². The fraction of sp³-hybridized carbons (Fsp3) is 0.174. The van der Waals surface area contributed by atoms with Crippen molar-refractivity contribution in [2.75, 3.05) is 14.2 Å². The van der Waals surface area contributed by atoms with Gasteiger partial charge in [-0.25, -0.2) is 4.68 Å². The lowest BCUT2D eigenvalue weighted by Crippen LogP contribution is -2.26. The molecule has 0 fully saturated rings. The van der Waals surface area contributed by atoms with E-state index in [4.69, 9.17) is 9.84 Å². The fourth-order valence-electron chi connectivity index (χ4n) is 3.31. The van der Waals surface area contributed by atoms with Crippen LogP contribution in [0.3, 0.4) is 0 Å². The predicted molar refractivity (Wildman–Crippen MR) is 115 cm³/mol. The summed E-state index contributed by atoms with van der Waals surface area (Å²) in [6.45, 7) is 0.464. The van der Waals surface area contributed by atoms with E-state index in [0.29, 0.717) is 17.8 Å². The van der Waals surface area contributed by atoms with Gasteiger partial charge in [-0.05, 0) is 36.4 Å². The number of hydrogen-bond acceptors (Lipinski definition) is 4. The maximum atomic E-state index is 13.3. The van der Waals surface area contributed by atoms with Crippen LogP contribution in [0.4, 0.5) is 0 Å². The number of para-hydroxylation sites is 1. The lowest BCUT2D eigenvalue weighted by molar-refractivity contribution is 0.0786. The molecule has 152 valence electrons. The molecule has 30 heavy (non-hydrogen) atoms. The van der Waals surface area contributed by atoms with Gasteiger partial charge >= 0.3 is 0 Å². The smallest absolute Gasteiger partial charge is 0.257 e. The third-order valence-corrected chi connectivity index (χ3v) is 4.85. The summed E-state index contributed by atoms with van der Waals surface area (Å²) >= 11 is 0. The molecular formula is C23H23N5O2. The summed E-state index contributed by atoms with van der Waals surface area (Å²) in [6, 6.07) is 17.3. The van der Waals surface area contributed by atoms with Gasteiger partial charge in [0.2, 0.25) is 0 Å². The Bertz CT molecular complexity index is 1150. The van der Waals surface area contributed by atoms with Crippen LogP contribution in [-0.4, -0.2) is 44.5 Å². The summed E-state index contributed by atoms with van der Waals surface area (Å²) in [5.74, 6) is 0.648. The second-order valence-electron chi connectivity index (χ2n) is 7.08. The molecule has 1 amide bonds. The van der Waals surface area contributed by atoms with Gasteiger partial charge in [-0.2, -0.15) is 10.2 Å². The summed E-state index contributed by atoms with van der Waals surface area (Å²) in [5.41, 5.74) is 3.87. The highest BCUT2D eigenvalue weighted by molar-refractivity contribution is 5.99. The zero-order valence-electron chi connectivity index (χ0n) is 17.2. The molecule has 0 aliphatic carbocycles. The minimum atomic E-state index is -0.105. The van der Waals surface area contributed by atoms with Crippen molar-refractivity contribution in [2.45, 2.75) is 6.54 Å². The Hall–Kier alpha value is -3.87. The number of carbonyl (C=O) groups excluding carboxylic acids is 1. The molecule has 2 aromatic heterocycles. The minimum absolute atomic E-state index is 0.105. The van der Waals surface area contributed by atoms with Crippen LogP contribution in [0.25, 0.3) is 16.9 Å². The van der Waals surface area contributed by atoms with E-state index >= 15 is 0 Å². The zero-order chi connectivity index (χ0) is 21.1. The predicted octanol–water partition coefficient (Wildman–Crippen LogP) is 3.55. The molecule has 0 bridgehead atoms. The van der Waals surface area contributed by atoms with Gasteiger partial charge in [-0.3, -0.25) is 9.48 Å². The number of hydrogen-bond donors (Lipinski definition) is 0. The van der Waals surface area contributed by atoms with Crippen LogP contribution in [0.15, 0.2) is 73.2 Å². The van der Waals surface area contributed by atoms with Crippen molar-refractivity contribution in [1.29, 1.82) is 0 Å². The Morgan fingerprint density at radius 1 is 1.07 bits per heavy atom. The maximum Gasteiger partial charge on any atom is 0.257 e. The van der Waals surface area contributed by atoms with Gasteiger partial charge in [0.1, 0.15) is 11.4 Å². The molecule has 7 nitrogen and oxygen atoms in total.